The topological polar surface area (TPSA) is 90.4 Å². The summed E-state index contributed by atoms with van der Waals surface area (Å²) in [5.74, 6) is 0.0464. The van der Waals surface area contributed by atoms with Crippen molar-refractivity contribution in [2.24, 2.45) is 5.73 Å². The maximum atomic E-state index is 11.0. The van der Waals surface area contributed by atoms with Crippen molar-refractivity contribution in [3.8, 4) is 0 Å². The van der Waals surface area contributed by atoms with E-state index in [0.717, 1.165) is 29.2 Å². The van der Waals surface area contributed by atoms with Gasteiger partial charge >= 0.3 is 5.97 Å². The number of aryl methyl sites for hydroxylation is 1. The molecule has 134 valence electrons. The van der Waals surface area contributed by atoms with Gasteiger partial charge in [0.2, 0.25) is 6.23 Å². The zero-order valence-electron chi connectivity index (χ0n) is 14.3. The number of ether oxygens (including phenoxy) is 1. The highest BCUT2D eigenvalue weighted by atomic mass is 35.5. The number of fused-ring (bicyclic) bond motifs is 1. The number of carboxylic acid groups (broad SMARTS) is 1. The van der Waals surface area contributed by atoms with E-state index in [-0.39, 0.29) is 12.0 Å². The number of nitrogens with two attached hydrogens (primary N) is 1. The van der Waals surface area contributed by atoms with Gasteiger partial charge in [0.25, 0.3) is 0 Å². The van der Waals surface area contributed by atoms with Crippen molar-refractivity contribution < 1.29 is 14.6 Å². The molecule has 0 bridgehead atoms. The zero-order valence-corrected chi connectivity index (χ0v) is 15.0. The van der Waals surface area contributed by atoms with Gasteiger partial charge in [-0.2, -0.15) is 0 Å². The van der Waals surface area contributed by atoms with E-state index in [9.17, 15) is 4.79 Å². The predicted octanol–water partition coefficient (Wildman–Crippen LogP) is 3.08. The Morgan fingerprint density at radius 3 is 2.72 bits per heavy atom. The first-order valence-electron chi connectivity index (χ1n) is 8.34. The molecule has 2 unspecified atom stereocenters. The zero-order chi connectivity index (χ0) is 18.1. The Hall–Kier alpha value is -1.89. The molecule has 1 heterocycles. The summed E-state index contributed by atoms with van der Waals surface area (Å²) in [7, 11) is 0. The van der Waals surface area contributed by atoms with Crippen LogP contribution in [0.15, 0.2) is 24.3 Å². The number of aromatic nitrogens is 2. The maximum Gasteiger partial charge on any atom is 0.347 e. The Bertz CT molecular complexity index is 771. The number of hydrogen-bond donors (Lipinski definition) is 2. The third kappa shape index (κ3) is 3.71. The fraction of sp³-hybridized carbons (Fsp3) is 0.444. The predicted molar refractivity (Wildman–Crippen MR) is 94.6 cm³/mol. The highest BCUT2D eigenvalue weighted by Crippen LogP contribution is 2.37. The van der Waals surface area contributed by atoms with Gasteiger partial charge in [0.15, 0.2) is 0 Å². The number of nitrogens with zero attached hydrogens (tertiary/aromatic N) is 2. The number of hydrogen-bond acceptors (Lipinski definition) is 4. The van der Waals surface area contributed by atoms with Crippen molar-refractivity contribution in [1.82, 2.24) is 9.55 Å². The van der Waals surface area contributed by atoms with Gasteiger partial charge in [0.1, 0.15) is 11.9 Å². The standard InChI is InChI=1S/C18H22ClN3O3/c1-10(2)17-21-13-7-8-14(25-16(20)18(23)24)15(13)22(17)9-11-3-5-12(19)6-4-11/h3-6,10,14,16H,7-9,20H2,1-2H3,(H,23,24). The summed E-state index contributed by atoms with van der Waals surface area (Å²) < 4.78 is 7.72. The SMILES string of the molecule is CC(C)c1nc2c(n1Cc1ccc(Cl)cc1)C(OC(N)C(=O)O)CC2. The van der Waals surface area contributed by atoms with Crippen LogP contribution in [-0.2, 0) is 22.5 Å². The second kappa shape index (κ2) is 7.15. The van der Waals surface area contributed by atoms with Crippen LogP contribution in [0.3, 0.4) is 0 Å². The van der Waals surface area contributed by atoms with Crippen molar-refractivity contribution in [1.29, 1.82) is 0 Å². The van der Waals surface area contributed by atoms with E-state index in [2.05, 4.69) is 18.4 Å². The van der Waals surface area contributed by atoms with Gasteiger partial charge in [-0.15, -0.1) is 0 Å². The summed E-state index contributed by atoms with van der Waals surface area (Å²) in [6.07, 6.45) is -0.233. The van der Waals surface area contributed by atoms with Crippen LogP contribution in [-0.4, -0.2) is 26.9 Å². The second-order valence-corrected chi connectivity index (χ2v) is 7.03. The van der Waals surface area contributed by atoms with Crippen molar-refractivity contribution in [3.05, 3.63) is 52.1 Å². The second-order valence-electron chi connectivity index (χ2n) is 6.59. The van der Waals surface area contributed by atoms with Crippen LogP contribution >= 0.6 is 11.6 Å². The van der Waals surface area contributed by atoms with E-state index in [0.29, 0.717) is 18.0 Å². The molecule has 0 saturated carbocycles. The third-order valence-corrected chi connectivity index (χ3v) is 4.64. The molecule has 0 aliphatic heterocycles. The number of aliphatic carboxylic acids is 1. The third-order valence-electron chi connectivity index (χ3n) is 4.39. The van der Waals surface area contributed by atoms with Crippen molar-refractivity contribution in [2.75, 3.05) is 0 Å². The average molecular weight is 364 g/mol. The summed E-state index contributed by atoms with van der Waals surface area (Å²) in [5, 5.41) is 9.72. The summed E-state index contributed by atoms with van der Waals surface area (Å²) in [6, 6.07) is 7.67. The highest BCUT2D eigenvalue weighted by molar-refractivity contribution is 6.30. The van der Waals surface area contributed by atoms with Gasteiger partial charge < -0.3 is 14.4 Å². The molecule has 6 nitrogen and oxygen atoms in total. The number of halogens is 1. The molecule has 0 amide bonds. The molecule has 1 aromatic heterocycles. The van der Waals surface area contributed by atoms with Gasteiger partial charge in [-0.05, 0) is 30.5 Å². The van der Waals surface area contributed by atoms with Gasteiger partial charge in [-0.3, -0.25) is 5.73 Å². The summed E-state index contributed by atoms with van der Waals surface area (Å²) in [4.78, 5) is 15.8. The van der Waals surface area contributed by atoms with Crippen LogP contribution in [0.2, 0.25) is 5.02 Å². The van der Waals surface area contributed by atoms with Crippen LogP contribution in [0, 0.1) is 0 Å². The Kier molecular flexibility index (Phi) is 5.13. The van der Waals surface area contributed by atoms with Gasteiger partial charge in [0.05, 0.1) is 11.4 Å². The number of benzene rings is 1. The number of carbonyl (C=O) groups is 1. The minimum Gasteiger partial charge on any atom is -0.478 e. The molecule has 1 aliphatic carbocycles. The lowest BCUT2D eigenvalue weighted by Gasteiger charge is -2.20. The molecular formula is C18H22ClN3O3. The lowest BCUT2D eigenvalue weighted by Crippen LogP contribution is -2.34. The Morgan fingerprint density at radius 2 is 2.12 bits per heavy atom. The molecule has 0 fully saturated rings. The van der Waals surface area contributed by atoms with Crippen molar-refractivity contribution in [3.63, 3.8) is 0 Å². The molecule has 3 rings (SSSR count). The van der Waals surface area contributed by atoms with E-state index in [1.165, 1.54) is 0 Å². The molecule has 2 aromatic rings. The van der Waals surface area contributed by atoms with E-state index in [1.54, 1.807) is 0 Å². The molecule has 2 atom stereocenters. The first-order valence-corrected chi connectivity index (χ1v) is 8.72. The van der Waals surface area contributed by atoms with Gasteiger partial charge in [-0.25, -0.2) is 9.78 Å². The van der Waals surface area contributed by atoms with Crippen LogP contribution in [0.5, 0.6) is 0 Å². The summed E-state index contributed by atoms with van der Waals surface area (Å²) in [5.41, 5.74) is 8.58. The molecule has 0 saturated heterocycles. The molecule has 0 radical (unpaired) electrons. The Morgan fingerprint density at radius 1 is 1.44 bits per heavy atom. The van der Waals surface area contributed by atoms with Crippen LogP contribution in [0.4, 0.5) is 0 Å². The maximum absolute atomic E-state index is 11.0. The average Bonchev–Trinajstić information content (AvgIpc) is 3.10. The number of rotatable bonds is 6. The molecule has 7 heteroatoms. The first-order chi connectivity index (χ1) is 11.9. The van der Waals surface area contributed by atoms with E-state index < -0.39 is 12.2 Å². The first kappa shape index (κ1) is 17.9. The van der Waals surface area contributed by atoms with E-state index >= 15 is 0 Å². The largest absolute Gasteiger partial charge is 0.478 e. The minimum atomic E-state index is -1.34. The van der Waals surface area contributed by atoms with Gasteiger partial charge in [-0.1, -0.05) is 37.6 Å². The fourth-order valence-electron chi connectivity index (χ4n) is 3.23. The Labute approximate surface area is 151 Å². The normalized spacial score (nSPS) is 17.7. The van der Waals surface area contributed by atoms with Crippen LogP contribution < -0.4 is 5.73 Å². The highest BCUT2D eigenvalue weighted by Gasteiger charge is 2.33. The molecule has 25 heavy (non-hydrogen) atoms. The van der Waals surface area contributed by atoms with Gasteiger partial charge in [0, 0.05) is 17.5 Å². The molecule has 1 aromatic carbocycles. The monoisotopic (exact) mass is 363 g/mol. The molecule has 0 spiro atoms. The van der Waals surface area contributed by atoms with Crippen LogP contribution in [0.25, 0.3) is 0 Å². The molecular weight excluding hydrogens is 342 g/mol. The molecule has 3 N–H and O–H groups in total. The fourth-order valence-corrected chi connectivity index (χ4v) is 3.36. The summed E-state index contributed by atoms with van der Waals surface area (Å²) >= 11 is 5.97. The minimum absolute atomic E-state index is 0.242. The van der Waals surface area contributed by atoms with Crippen LogP contribution in [0.1, 0.15) is 55.1 Å². The lowest BCUT2D eigenvalue weighted by atomic mass is 10.1. The molecule has 1 aliphatic rings. The van der Waals surface area contributed by atoms with E-state index in [1.807, 2.05) is 24.3 Å². The number of imidazole rings is 1. The quantitative estimate of drug-likeness (QED) is 0.769. The van der Waals surface area contributed by atoms with E-state index in [4.69, 9.17) is 32.2 Å². The smallest absolute Gasteiger partial charge is 0.347 e. The van der Waals surface area contributed by atoms with Crippen molar-refractivity contribution in [2.45, 2.75) is 51.5 Å². The lowest BCUT2D eigenvalue weighted by molar-refractivity contribution is -0.154. The summed E-state index contributed by atoms with van der Waals surface area (Å²) in [6.45, 7) is 4.82. The van der Waals surface area contributed by atoms with Crippen molar-refractivity contribution >= 4 is 17.6 Å². The Balaban J connectivity index is 1.95. The number of carboxylic acids is 1.